The second-order valence-corrected chi connectivity index (χ2v) is 8.48. The number of rotatable bonds is 4. The number of aromatic nitrogens is 1. The van der Waals surface area contributed by atoms with Gasteiger partial charge in [0.2, 0.25) is 5.88 Å². The monoisotopic (exact) mass is 395 g/mol. The van der Waals surface area contributed by atoms with E-state index in [4.69, 9.17) is 18.9 Å². The van der Waals surface area contributed by atoms with Gasteiger partial charge in [0, 0.05) is 11.8 Å². The van der Waals surface area contributed by atoms with E-state index in [1.165, 1.54) is 5.56 Å². The van der Waals surface area contributed by atoms with Gasteiger partial charge < -0.3 is 18.9 Å². The van der Waals surface area contributed by atoms with E-state index >= 15 is 0 Å². The average molecular weight is 395 g/mol. The first-order chi connectivity index (χ1) is 13.9. The van der Waals surface area contributed by atoms with Crippen molar-refractivity contribution in [1.29, 1.82) is 0 Å². The van der Waals surface area contributed by atoms with Gasteiger partial charge in [-0.3, -0.25) is 0 Å². The number of methoxy groups -OCH3 is 2. The van der Waals surface area contributed by atoms with Gasteiger partial charge in [-0.1, -0.05) is 38.1 Å². The number of ether oxygens (including phenoxy) is 4. The zero-order chi connectivity index (χ0) is 20.6. The molecule has 0 amide bonds. The van der Waals surface area contributed by atoms with E-state index in [2.05, 4.69) is 31.0 Å². The molecule has 1 aliphatic heterocycles. The Morgan fingerprint density at radius 3 is 2.48 bits per heavy atom. The van der Waals surface area contributed by atoms with Crippen molar-refractivity contribution in [2.75, 3.05) is 27.4 Å². The summed E-state index contributed by atoms with van der Waals surface area (Å²) in [5.41, 5.74) is 3.03. The van der Waals surface area contributed by atoms with Crippen molar-refractivity contribution in [3.63, 3.8) is 0 Å². The van der Waals surface area contributed by atoms with E-state index in [-0.39, 0.29) is 5.41 Å². The number of nitrogens with zero attached hydrogens (tertiary/aromatic N) is 1. The molecule has 1 saturated heterocycles. The van der Waals surface area contributed by atoms with Crippen LogP contribution in [-0.2, 0) is 21.7 Å². The summed E-state index contributed by atoms with van der Waals surface area (Å²) in [6.07, 6.45) is 9.57. The highest BCUT2D eigenvalue weighted by Crippen LogP contribution is 2.52. The number of hydrogen-bond donors (Lipinski definition) is 0. The van der Waals surface area contributed by atoms with Crippen LogP contribution in [0.5, 0.6) is 11.6 Å². The molecule has 154 valence electrons. The predicted octanol–water partition coefficient (Wildman–Crippen LogP) is 5.01. The second-order valence-electron chi connectivity index (χ2n) is 8.48. The Bertz CT molecular complexity index is 980. The van der Waals surface area contributed by atoms with E-state index in [1.54, 1.807) is 14.2 Å². The van der Waals surface area contributed by atoms with Crippen LogP contribution in [0.4, 0.5) is 0 Å². The maximum Gasteiger partial charge on any atom is 0.225 e. The highest BCUT2D eigenvalue weighted by molar-refractivity contribution is 5.96. The van der Waals surface area contributed by atoms with Gasteiger partial charge in [0.05, 0.1) is 44.1 Å². The Balaban J connectivity index is 1.89. The minimum atomic E-state index is -0.750. The van der Waals surface area contributed by atoms with E-state index in [0.717, 1.165) is 40.6 Å². The molecule has 0 bridgehead atoms. The van der Waals surface area contributed by atoms with Crippen LogP contribution in [0, 0.1) is 5.41 Å². The maximum absolute atomic E-state index is 6.34. The van der Waals surface area contributed by atoms with Gasteiger partial charge in [0.25, 0.3) is 0 Å². The van der Waals surface area contributed by atoms with Crippen molar-refractivity contribution in [2.24, 2.45) is 5.41 Å². The lowest BCUT2D eigenvalue weighted by molar-refractivity contribution is -0.306. The standard InChI is InChI=1S/C24H29NO4/c1-6-7-8-9-18-13-17-12-16-10-11-24(28-14-23(2,3)15-29-24)20(16)21(26-4)19(17)22(25-18)27-5/h6-9,12-13H,10-11,14-15H2,1-5H3/b7-6+,9-8+. The van der Waals surface area contributed by atoms with Gasteiger partial charge >= 0.3 is 0 Å². The Labute approximate surface area is 172 Å². The molecular formula is C24H29NO4. The quantitative estimate of drug-likeness (QED) is 0.681. The Morgan fingerprint density at radius 1 is 1.07 bits per heavy atom. The van der Waals surface area contributed by atoms with Crippen LogP contribution in [-0.4, -0.2) is 32.4 Å². The Hall–Kier alpha value is -2.37. The van der Waals surface area contributed by atoms with E-state index in [1.807, 2.05) is 31.2 Å². The molecule has 0 saturated carbocycles. The lowest BCUT2D eigenvalue weighted by Crippen LogP contribution is -2.44. The first kappa shape index (κ1) is 19.9. The Kier molecular flexibility index (Phi) is 5.13. The van der Waals surface area contributed by atoms with Crippen molar-refractivity contribution in [2.45, 2.75) is 39.4 Å². The molecule has 1 spiro atoms. The molecule has 2 aliphatic rings. The summed E-state index contributed by atoms with van der Waals surface area (Å²) in [6.45, 7) is 7.60. The van der Waals surface area contributed by atoms with Crippen LogP contribution in [0.15, 0.2) is 30.4 Å². The van der Waals surface area contributed by atoms with Crippen LogP contribution in [0.3, 0.4) is 0 Å². The molecule has 2 aromatic rings. The molecule has 1 aromatic heterocycles. The third kappa shape index (κ3) is 3.43. The topological polar surface area (TPSA) is 49.8 Å². The van der Waals surface area contributed by atoms with Gasteiger partial charge in [-0.25, -0.2) is 4.98 Å². The second kappa shape index (κ2) is 7.47. The molecule has 2 heterocycles. The molecule has 5 nitrogen and oxygen atoms in total. The van der Waals surface area contributed by atoms with E-state index in [0.29, 0.717) is 19.1 Å². The SMILES string of the molecule is C/C=C/C=C/c1cc2cc3c(c(OC)c2c(OC)n1)C1(CC3)OCC(C)(C)CO1. The number of fused-ring (bicyclic) bond motifs is 3. The summed E-state index contributed by atoms with van der Waals surface area (Å²) in [7, 11) is 3.33. The zero-order valence-corrected chi connectivity index (χ0v) is 17.9. The number of benzene rings is 1. The lowest BCUT2D eigenvalue weighted by atomic mass is 9.93. The molecular weight excluding hydrogens is 366 g/mol. The maximum atomic E-state index is 6.34. The van der Waals surface area contributed by atoms with Crippen molar-refractivity contribution in [3.05, 3.63) is 47.2 Å². The number of pyridine rings is 1. The first-order valence-electron chi connectivity index (χ1n) is 10.1. The highest BCUT2D eigenvalue weighted by Gasteiger charge is 2.49. The summed E-state index contributed by atoms with van der Waals surface area (Å²) >= 11 is 0. The predicted molar refractivity (Wildman–Crippen MR) is 114 cm³/mol. The molecule has 0 N–H and O–H groups in total. The fraction of sp³-hybridized carbons (Fsp3) is 0.458. The van der Waals surface area contributed by atoms with Gasteiger partial charge in [-0.15, -0.1) is 0 Å². The van der Waals surface area contributed by atoms with Gasteiger partial charge in [0.1, 0.15) is 5.75 Å². The van der Waals surface area contributed by atoms with E-state index in [9.17, 15) is 0 Å². The van der Waals surface area contributed by atoms with Gasteiger partial charge in [-0.2, -0.15) is 0 Å². The Morgan fingerprint density at radius 2 is 1.83 bits per heavy atom. The molecule has 0 radical (unpaired) electrons. The van der Waals surface area contributed by atoms with Crippen LogP contribution >= 0.6 is 0 Å². The summed E-state index contributed by atoms with van der Waals surface area (Å²) in [4.78, 5) is 4.68. The van der Waals surface area contributed by atoms with Gasteiger partial charge in [0.15, 0.2) is 5.79 Å². The summed E-state index contributed by atoms with van der Waals surface area (Å²) in [6, 6.07) is 4.27. The van der Waals surface area contributed by atoms with Gasteiger partial charge in [-0.05, 0) is 36.4 Å². The number of hydrogen-bond acceptors (Lipinski definition) is 5. The third-order valence-corrected chi connectivity index (χ3v) is 5.61. The minimum absolute atomic E-state index is 0.00546. The molecule has 0 atom stereocenters. The van der Waals surface area contributed by atoms with Crippen molar-refractivity contribution >= 4 is 16.8 Å². The highest BCUT2D eigenvalue weighted by atomic mass is 16.7. The lowest BCUT2D eigenvalue weighted by Gasteiger charge is -2.42. The fourth-order valence-corrected chi connectivity index (χ4v) is 4.17. The fourth-order valence-electron chi connectivity index (χ4n) is 4.17. The normalized spacial score (nSPS) is 20.0. The first-order valence-corrected chi connectivity index (χ1v) is 10.1. The largest absolute Gasteiger partial charge is 0.495 e. The molecule has 29 heavy (non-hydrogen) atoms. The molecule has 1 aliphatic carbocycles. The molecule has 0 unspecified atom stereocenters. The zero-order valence-electron chi connectivity index (χ0n) is 17.9. The van der Waals surface area contributed by atoms with Crippen molar-refractivity contribution in [1.82, 2.24) is 4.98 Å². The molecule has 1 aromatic carbocycles. The molecule has 1 fully saturated rings. The van der Waals surface area contributed by atoms with E-state index < -0.39 is 5.79 Å². The van der Waals surface area contributed by atoms with Crippen molar-refractivity contribution < 1.29 is 18.9 Å². The number of allylic oxidation sites excluding steroid dienone is 3. The molecule has 5 heteroatoms. The smallest absolute Gasteiger partial charge is 0.225 e. The van der Waals surface area contributed by atoms with Crippen LogP contribution < -0.4 is 9.47 Å². The van der Waals surface area contributed by atoms with Crippen LogP contribution in [0.25, 0.3) is 16.8 Å². The third-order valence-electron chi connectivity index (χ3n) is 5.61. The van der Waals surface area contributed by atoms with Crippen LogP contribution in [0.2, 0.25) is 0 Å². The van der Waals surface area contributed by atoms with Crippen LogP contribution in [0.1, 0.15) is 44.0 Å². The average Bonchev–Trinajstić information content (AvgIpc) is 3.06. The van der Waals surface area contributed by atoms with Crippen molar-refractivity contribution in [3.8, 4) is 11.6 Å². The number of aryl methyl sites for hydroxylation is 1. The summed E-state index contributed by atoms with van der Waals surface area (Å²) < 4.78 is 24.3. The minimum Gasteiger partial charge on any atom is -0.495 e. The molecule has 4 rings (SSSR count). The summed E-state index contributed by atoms with van der Waals surface area (Å²) in [5, 5.41) is 1.90. The summed E-state index contributed by atoms with van der Waals surface area (Å²) in [5.74, 6) is 0.531.